The molecule has 0 fully saturated rings. The molecule has 0 aromatic rings. The van der Waals surface area contributed by atoms with Crippen LogP contribution in [0, 0.1) is 0 Å². The number of alkyl halides is 1. The van der Waals surface area contributed by atoms with Crippen LogP contribution in [-0.4, -0.2) is 37.5 Å². The van der Waals surface area contributed by atoms with Crippen LogP contribution >= 0.6 is 11.6 Å². The Morgan fingerprint density at radius 2 is 1.17 bits per heavy atom. The van der Waals surface area contributed by atoms with Gasteiger partial charge >= 0.3 is 0 Å². The molecule has 0 aromatic heterocycles. The Morgan fingerprint density at radius 1 is 0.722 bits per heavy atom. The van der Waals surface area contributed by atoms with Crippen molar-refractivity contribution >= 4 is 11.6 Å². The van der Waals surface area contributed by atoms with Crippen LogP contribution in [0.25, 0.3) is 0 Å². The minimum atomic E-state index is 0. The summed E-state index contributed by atoms with van der Waals surface area (Å²) in [5.41, 5.74) is 0. The van der Waals surface area contributed by atoms with E-state index in [0.717, 1.165) is 16.9 Å². The van der Waals surface area contributed by atoms with Gasteiger partial charge in [-0.1, -0.05) is 51.9 Å². The summed E-state index contributed by atoms with van der Waals surface area (Å²) in [7, 11) is 4.57. The highest BCUT2D eigenvalue weighted by atomic mass is 35.5. The Kier molecular flexibility index (Phi) is 16.2. The molecule has 18 heavy (non-hydrogen) atoms. The van der Waals surface area contributed by atoms with Crippen molar-refractivity contribution in [2.24, 2.45) is 0 Å². The molecular weight excluding hydrogens is 265 g/mol. The van der Waals surface area contributed by atoms with E-state index in [4.69, 9.17) is 11.6 Å². The summed E-state index contributed by atoms with van der Waals surface area (Å²) >= 11 is 5.79. The molecule has 0 radical (unpaired) electrons. The lowest BCUT2D eigenvalue weighted by Crippen LogP contribution is -3.00. The van der Waals surface area contributed by atoms with E-state index in [9.17, 15) is 0 Å². The van der Waals surface area contributed by atoms with Crippen molar-refractivity contribution in [2.45, 2.75) is 64.7 Å². The average molecular weight is 298 g/mol. The molecule has 0 rings (SSSR count). The molecule has 0 unspecified atom stereocenters. The van der Waals surface area contributed by atoms with Gasteiger partial charge in [0.05, 0.1) is 33.1 Å². The molecule has 0 bridgehead atoms. The van der Waals surface area contributed by atoms with Crippen molar-refractivity contribution in [1.82, 2.24) is 0 Å². The number of hydrogen-bond donors (Lipinski definition) is 0. The molecule has 112 valence electrons. The Bertz CT molecular complexity index is 161. The number of hydrogen-bond acceptors (Lipinski definition) is 0. The van der Waals surface area contributed by atoms with Crippen LogP contribution < -0.4 is 12.4 Å². The molecule has 0 aliphatic carbocycles. The molecular formula is C15H33Cl2N. The zero-order valence-corrected chi connectivity index (χ0v) is 14.2. The highest BCUT2D eigenvalue weighted by Gasteiger charge is 2.12. The quantitative estimate of drug-likeness (QED) is 0.293. The first kappa shape index (κ1) is 20.8. The van der Waals surface area contributed by atoms with Crippen molar-refractivity contribution in [3.63, 3.8) is 0 Å². The summed E-state index contributed by atoms with van der Waals surface area (Å²) < 4.78 is 1.08. The predicted molar refractivity (Wildman–Crippen MR) is 79.8 cm³/mol. The highest BCUT2D eigenvalue weighted by molar-refractivity contribution is 6.17. The fourth-order valence-electron chi connectivity index (χ4n) is 2.19. The maximum absolute atomic E-state index is 5.79. The van der Waals surface area contributed by atoms with Crippen LogP contribution in [0.15, 0.2) is 0 Å². The van der Waals surface area contributed by atoms with E-state index in [1.54, 1.807) is 0 Å². The van der Waals surface area contributed by atoms with Gasteiger partial charge in [-0.15, -0.1) is 11.6 Å². The van der Waals surface area contributed by atoms with Crippen LogP contribution in [0.5, 0.6) is 0 Å². The molecule has 0 amide bonds. The van der Waals surface area contributed by atoms with E-state index in [0.29, 0.717) is 0 Å². The van der Waals surface area contributed by atoms with E-state index in [1.807, 2.05) is 0 Å². The van der Waals surface area contributed by atoms with Gasteiger partial charge < -0.3 is 16.9 Å². The second kappa shape index (κ2) is 14.0. The summed E-state index contributed by atoms with van der Waals surface area (Å²) in [6.45, 7) is 4.65. The second-order valence-electron chi connectivity index (χ2n) is 5.90. The van der Waals surface area contributed by atoms with E-state index in [-0.39, 0.29) is 12.4 Å². The first-order chi connectivity index (χ1) is 8.12. The van der Waals surface area contributed by atoms with Gasteiger partial charge in [0.25, 0.3) is 0 Å². The Balaban J connectivity index is 0. The lowest BCUT2D eigenvalue weighted by Gasteiger charge is -2.28. The summed E-state index contributed by atoms with van der Waals surface area (Å²) in [5, 5.41) is 0. The molecule has 0 heterocycles. The molecule has 0 aliphatic heterocycles. The highest BCUT2D eigenvalue weighted by Crippen LogP contribution is 2.10. The Labute approximate surface area is 126 Å². The van der Waals surface area contributed by atoms with Gasteiger partial charge in [0.1, 0.15) is 0 Å². The molecule has 0 saturated heterocycles. The molecule has 0 N–H and O–H groups in total. The van der Waals surface area contributed by atoms with Crippen molar-refractivity contribution in [3.05, 3.63) is 0 Å². The maximum atomic E-state index is 5.79. The van der Waals surface area contributed by atoms with Crippen molar-refractivity contribution in [1.29, 1.82) is 0 Å². The standard InChI is InChI=1S/C15H33ClN.ClH/c1-4-5-6-7-8-9-10-11-12-14-17(2,3)15-13-16;/h4-15H2,1-3H3;1H/q+1;/p-1. The van der Waals surface area contributed by atoms with Crippen molar-refractivity contribution < 1.29 is 16.9 Å². The second-order valence-corrected chi connectivity index (χ2v) is 6.28. The fraction of sp³-hybridized carbons (Fsp3) is 1.00. The normalized spacial score (nSPS) is 11.3. The molecule has 0 aromatic carbocycles. The van der Waals surface area contributed by atoms with Crippen LogP contribution in [0.2, 0.25) is 0 Å². The minimum absolute atomic E-state index is 0. The first-order valence-corrected chi connectivity index (χ1v) is 8.04. The Morgan fingerprint density at radius 3 is 1.61 bits per heavy atom. The zero-order chi connectivity index (χ0) is 13.0. The number of halogens is 2. The summed E-state index contributed by atoms with van der Waals surface area (Å²) in [6, 6.07) is 0. The van der Waals surface area contributed by atoms with Crippen LogP contribution in [0.4, 0.5) is 0 Å². The van der Waals surface area contributed by atoms with E-state index >= 15 is 0 Å². The zero-order valence-electron chi connectivity index (χ0n) is 12.7. The fourth-order valence-corrected chi connectivity index (χ4v) is 2.65. The van der Waals surface area contributed by atoms with Crippen LogP contribution in [0.1, 0.15) is 64.7 Å². The molecule has 0 saturated carbocycles. The minimum Gasteiger partial charge on any atom is -1.00 e. The van der Waals surface area contributed by atoms with Gasteiger partial charge in [-0.2, -0.15) is 0 Å². The van der Waals surface area contributed by atoms with Crippen LogP contribution in [0.3, 0.4) is 0 Å². The number of unbranched alkanes of at least 4 members (excludes halogenated alkanes) is 8. The number of nitrogens with zero attached hydrogens (tertiary/aromatic N) is 1. The SMILES string of the molecule is CCCCCCCCCCC[N+](C)(C)CCCl.[Cl-]. The lowest BCUT2D eigenvalue weighted by atomic mass is 10.1. The monoisotopic (exact) mass is 297 g/mol. The summed E-state index contributed by atoms with van der Waals surface area (Å²) in [5.74, 6) is 0.782. The van der Waals surface area contributed by atoms with E-state index < -0.39 is 0 Å². The third kappa shape index (κ3) is 14.6. The van der Waals surface area contributed by atoms with Gasteiger partial charge in [-0.25, -0.2) is 0 Å². The average Bonchev–Trinajstić information content (AvgIpc) is 2.27. The van der Waals surface area contributed by atoms with Gasteiger partial charge in [-0.3, -0.25) is 0 Å². The molecule has 0 spiro atoms. The molecule has 1 nitrogen and oxygen atoms in total. The number of rotatable bonds is 12. The maximum Gasteiger partial charge on any atom is 0.0920 e. The molecule has 0 aliphatic rings. The van der Waals surface area contributed by atoms with E-state index in [1.165, 1.54) is 64.3 Å². The van der Waals surface area contributed by atoms with Gasteiger partial charge in [0.15, 0.2) is 0 Å². The van der Waals surface area contributed by atoms with Gasteiger partial charge in [-0.05, 0) is 12.8 Å². The third-order valence-electron chi connectivity index (χ3n) is 3.56. The third-order valence-corrected chi connectivity index (χ3v) is 3.73. The Hall–Kier alpha value is 0.540. The van der Waals surface area contributed by atoms with E-state index in [2.05, 4.69) is 21.0 Å². The summed E-state index contributed by atoms with van der Waals surface area (Å²) in [6.07, 6.45) is 12.7. The smallest absolute Gasteiger partial charge is 0.0920 e. The largest absolute Gasteiger partial charge is 1.00 e. The predicted octanol–water partition coefficient (Wildman–Crippen LogP) is 1.84. The molecule has 3 heteroatoms. The summed E-state index contributed by atoms with van der Waals surface area (Å²) in [4.78, 5) is 0. The first-order valence-electron chi connectivity index (χ1n) is 7.50. The van der Waals surface area contributed by atoms with Crippen molar-refractivity contribution in [3.8, 4) is 0 Å². The number of quaternary nitrogens is 1. The van der Waals surface area contributed by atoms with Crippen molar-refractivity contribution in [2.75, 3.05) is 33.1 Å². The van der Waals surface area contributed by atoms with Gasteiger partial charge in [0, 0.05) is 0 Å². The topological polar surface area (TPSA) is 0 Å². The lowest BCUT2D eigenvalue weighted by molar-refractivity contribution is -0.888. The molecule has 0 atom stereocenters. The van der Waals surface area contributed by atoms with Crippen LogP contribution in [-0.2, 0) is 0 Å². The van der Waals surface area contributed by atoms with Gasteiger partial charge in [0.2, 0.25) is 0 Å².